The fourth-order valence-corrected chi connectivity index (χ4v) is 11.5. The van der Waals surface area contributed by atoms with Crippen LogP contribution in [0.15, 0.2) is 71.8 Å². The molecule has 0 saturated carbocycles. The number of nitrogens with zero attached hydrogens (tertiary/aromatic N) is 6. The Kier molecular flexibility index (Phi) is 14.1. The van der Waals surface area contributed by atoms with E-state index >= 15 is 0 Å². The van der Waals surface area contributed by atoms with Gasteiger partial charge in [0.2, 0.25) is 17.8 Å². The summed E-state index contributed by atoms with van der Waals surface area (Å²) in [5.41, 5.74) is 4.86. The second-order valence-electron chi connectivity index (χ2n) is 16.9. The molecule has 0 radical (unpaired) electrons. The van der Waals surface area contributed by atoms with E-state index in [1.165, 1.54) is 6.20 Å². The summed E-state index contributed by atoms with van der Waals surface area (Å²) in [4.78, 5) is 56.1. The maximum Gasteiger partial charge on any atom is 0.249 e. The SMILES string of the molecule is COc1cc(N2CCC(N3CCN(CCCCSc4cccc5c4CN(C4CCC(=O)NC4=O)C5=C=O)CC3)CC2)ccc1Nc1ncc(Cl)c(Nc2ccccc2P(C)(C)=O)n1. The first-order valence-corrected chi connectivity index (χ1v) is 25.7. The number of carbonyl (C=O) groups excluding carboxylic acids is 3. The largest absolute Gasteiger partial charge is 0.494 e. The van der Waals surface area contributed by atoms with E-state index in [0.29, 0.717) is 52.9 Å². The third-order valence-electron chi connectivity index (χ3n) is 12.5. The van der Waals surface area contributed by atoms with Crippen molar-refractivity contribution in [2.24, 2.45) is 0 Å². The third kappa shape index (κ3) is 10.4. The van der Waals surface area contributed by atoms with E-state index < -0.39 is 13.2 Å². The molecule has 0 aliphatic carbocycles. The number of anilines is 5. The van der Waals surface area contributed by atoms with Gasteiger partial charge in [-0.2, -0.15) is 4.98 Å². The number of thioether (sulfide) groups is 1. The van der Waals surface area contributed by atoms with Crippen molar-refractivity contribution < 1.29 is 23.7 Å². The van der Waals surface area contributed by atoms with Gasteiger partial charge in [0.1, 0.15) is 29.7 Å². The summed E-state index contributed by atoms with van der Waals surface area (Å²) in [7, 11) is -0.882. The number of hydrogen-bond acceptors (Lipinski definition) is 14. The average molecular weight is 912 g/mol. The number of benzene rings is 3. The van der Waals surface area contributed by atoms with Crippen LogP contribution < -0.4 is 30.9 Å². The highest BCUT2D eigenvalue weighted by atomic mass is 35.5. The molecule has 1 atom stereocenters. The molecule has 5 heterocycles. The molecule has 4 aliphatic rings. The summed E-state index contributed by atoms with van der Waals surface area (Å²) in [5, 5.41) is 10.0. The third-order valence-corrected chi connectivity index (χ3v) is 15.5. The number of amides is 2. The topological polar surface area (TPSA) is 152 Å². The predicted molar refractivity (Wildman–Crippen MR) is 253 cm³/mol. The molecular weight excluding hydrogens is 857 g/mol. The molecule has 1 aromatic heterocycles. The van der Waals surface area contributed by atoms with Crippen molar-refractivity contribution in [3.8, 4) is 5.75 Å². The lowest BCUT2D eigenvalue weighted by molar-refractivity contribution is -0.136. The zero-order valence-electron chi connectivity index (χ0n) is 36.1. The molecule has 0 bridgehead atoms. The van der Waals surface area contributed by atoms with Crippen LogP contribution >= 0.6 is 30.5 Å². The van der Waals surface area contributed by atoms with Crippen molar-refractivity contribution in [2.75, 3.05) is 87.5 Å². The van der Waals surface area contributed by atoms with Crippen molar-refractivity contribution in [1.29, 1.82) is 0 Å². The number of methoxy groups -OCH3 is 1. The highest BCUT2D eigenvalue weighted by Crippen LogP contribution is 2.41. The van der Waals surface area contributed by atoms with Crippen LogP contribution in [0.1, 0.15) is 49.7 Å². The molecule has 63 heavy (non-hydrogen) atoms. The quantitative estimate of drug-likeness (QED) is 0.0376. The first kappa shape index (κ1) is 44.7. The number of nitrogens with one attached hydrogen (secondary N) is 3. The zero-order chi connectivity index (χ0) is 44.1. The van der Waals surface area contributed by atoms with Gasteiger partial charge in [0.05, 0.1) is 24.7 Å². The van der Waals surface area contributed by atoms with Crippen LogP contribution in [0.3, 0.4) is 0 Å². The lowest BCUT2D eigenvalue weighted by Crippen LogP contribution is -2.53. The van der Waals surface area contributed by atoms with Crippen LogP contribution in [0.4, 0.5) is 28.8 Å². The minimum Gasteiger partial charge on any atom is -0.494 e. The number of rotatable bonds is 15. The number of halogens is 1. The number of imide groups is 1. The number of aromatic nitrogens is 2. The first-order valence-electron chi connectivity index (χ1n) is 21.7. The second kappa shape index (κ2) is 19.9. The Morgan fingerprint density at radius 2 is 1.75 bits per heavy atom. The predicted octanol–water partition coefficient (Wildman–Crippen LogP) is 6.83. The van der Waals surface area contributed by atoms with Crippen LogP contribution in [-0.2, 0) is 25.5 Å². The van der Waals surface area contributed by atoms with E-state index in [1.807, 2.05) is 59.1 Å². The van der Waals surface area contributed by atoms with E-state index in [0.717, 1.165) is 110 Å². The van der Waals surface area contributed by atoms with Crippen molar-refractivity contribution in [3.63, 3.8) is 0 Å². The van der Waals surface area contributed by atoms with Gasteiger partial charge in [-0.1, -0.05) is 35.9 Å². The summed E-state index contributed by atoms with van der Waals surface area (Å²) < 4.78 is 18.7. The summed E-state index contributed by atoms with van der Waals surface area (Å²) in [5.74, 6) is 3.90. The number of carbonyl (C=O) groups is 2. The molecule has 3 saturated heterocycles. The average Bonchev–Trinajstić information content (AvgIpc) is 3.66. The highest BCUT2D eigenvalue weighted by Gasteiger charge is 2.38. The molecule has 3 fully saturated rings. The van der Waals surface area contributed by atoms with E-state index in [-0.39, 0.29) is 18.2 Å². The van der Waals surface area contributed by atoms with E-state index in [4.69, 9.17) is 16.3 Å². The Morgan fingerprint density at radius 1 is 0.952 bits per heavy atom. The number of hydrogen-bond donors (Lipinski definition) is 3. The van der Waals surface area contributed by atoms with Gasteiger partial charge in [0, 0.05) is 85.8 Å². The van der Waals surface area contributed by atoms with Crippen molar-refractivity contribution >= 4 is 88.1 Å². The Hall–Kier alpha value is -4.88. The second-order valence-corrected chi connectivity index (χ2v) is 21.6. The lowest BCUT2D eigenvalue weighted by atomic mass is 10.0. The summed E-state index contributed by atoms with van der Waals surface area (Å²) >= 11 is 8.31. The highest BCUT2D eigenvalue weighted by molar-refractivity contribution is 7.99. The number of unbranched alkanes of at least 4 members (excludes halogenated alkanes) is 1. The van der Waals surface area contributed by atoms with Crippen molar-refractivity contribution in [2.45, 2.75) is 62.0 Å². The minimum absolute atomic E-state index is 0.264. The molecule has 3 N–H and O–H groups in total. The van der Waals surface area contributed by atoms with Gasteiger partial charge in [-0.05, 0) is 93.6 Å². The maximum absolute atomic E-state index is 12.9. The van der Waals surface area contributed by atoms with Crippen LogP contribution in [0.5, 0.6) is 5.75 Å². The Bertz CT molecular complexity index is 2430. The molecule has 8 rings (SSSR count). The minimum atomic E-state index is -2.55. The van der Waals surface area contributed by atoms with E-state index in [1.54, 1.807) is 20.4 Å². The molecule has 0 spiro atoms. The standard InChI is InChI=1S/C46H55ClN9O5PS/c1-61-40-27-32(13-14-36(40)50-46-48-28-35(47)44(52-46)49-37-10-4-5-11-41(37)62(2,3)60)54-20-17-31(18-21-54)55-24-22-53(23-25-55)19-6-7-26-63-42-12-8-9-33-34(42)29-56(39(33)30-57)38-15-16-43(58)51-45(38)59/h4-5,8-14,27-28,31,38H,6-7,15-26,29H2,1-3H3,(H,51,58,59)(H2,48,49,50,52). The van der Waals surface area contributed by atoms with Gasteiger partial charge >= 0.3 is 0 Å². The molecule has 17 heteroatoms. The lowest BCUT2D eigenvalue weighted by Gasteiger charge is -2.43. The molecule has 4 aromatic rings. The molecule has 4 aliphatic heterocycles. The molecule has 2 amide bonds. The molecular formula is C46H55ClN9O5PS. The Morgan fingerprint density at radius 3 is 2.49 bits per heavy atom. The zero-order valence-corrected chi connectivity index (χ0v) is 38.5. The van der Waals surface area contributed by atoms with E-state index in [2.05, 4.69) is 64.8 Å². The molecule has 14 nitrogen and oxygen atoms in total. The summed E-state index contributed by atoms with van der Waals surface area (Å²) in [6.45, 7) is 11.4. The fourth-order valence-electron chi connectivity index (χ4n) is 9.10. The summed E-state index contributed by atoms with van der Waals surface area (Å²) in [6.07, 6.45) is 6.65. The summed E-state index contributed by atoms with van der Waals surface area (Å²) in [6, 6.07) is 19.7. The molecule has 1 unspecified atom stereocenters. The van der Waals surface area contributed by atoms with Gasteiger partial charge in [0.25, 0.3) is 0 Å². The number of piperidine rings is 2. The Labute approximate surface area is 378 Å². The monoisotopic (exact) mass is 911 g/mol. The smallest absolute Gasteiger partial charge is 0.249 e. The van der Waals surface area contributed by atoms with Gasteiger partial charge in [-0.15, -0.1) is 11.8 Å². The van der Waals surface area contributed by atoms with Crippen LogP contribution in [0, 0.1) is 0 Å². The number of piperazine rings is 1. The molecule has 332 valence electrons. The van der Waals surface area contributed by atoms with Gasteiger partial charge in [-0.25, -0.2) is 9.78 Å². The van der Waals surface area contributed by atoms with Gasteiger partial charge < -0.3 is 34.6 Å². The van der Waals surface area contributed by atoms with Crippen molar-refractivity contribution in [3.05, 3.63) is 83.0 Å². The van der Waals surface area contributed by atoms with Crippen molar-refractivity contribution in [1.82, 2.24) is 30.0 Å². The van der Waals surface area contributed by atoms with Crippen LogP contribution in [0.2, 0.25) is 5.02 Å². The van der Waals surface area contributed by atoms with Crippen LogP contribution in [0.25, 0.3) is 5.70 Å². The number of fused-ring (bicyclic) bond motifs is 1. The van der Waals surface area contributed by atoms with Gasteiger partial charge in [0.15, 0.2) is 11.8 Å². The maximum atomic E-state index is 12.9. The number of ether oxygens (including phenoxy) is 1. The first-order chi connectivity index (χ1) is 30.5. The number of para-hydroxylation sites is 1. The fraction of sp³-hybridized carbons (Fsp3) is 0.435. The van der Waals surface area contributed by atoms with Crippen LogP contribution in [-0.4, -0.2) is 127 Å². The molecule has 3 aromatic carbocycles. The Balaban J connectivity index is 0.768. The van der Waals surface area contributed by atoms with E-state index in [9.17, 15) is 18.9 Å². The normalized spacial score (nSPS) is 18.9. The van der Waals surface area contributed by atoms with Gasteiger partial charge in [-0.3, -0.25) is 19.8 Å².